The molecule has 0 N–H and O–H groups in total. The highest BCUT2D eigenvalue weighted by Gasteiger charge is 1.95. The minimum atomic E-state index is -0.151. The van der Waals surface area contributed by atoms with Gasteiger partial charge in [0, 0.05) is 0 Å². The zero-order valence-corrected chi connectivity index (χ0v) is 6.67. The monoisotopic (exact) mass is 154 g/mol. The van der Waals surface area contributed by atoms with Crippen molar-refractivity contribution in [3.8, 4) is 0 Å². The van der Waals surface area contributed by atoms with Gasteiger partial charge in [-0.15, -0.1) is 23.2 Å². The zero-order chi connectivity index (χ0) is 6.41. The number of rotatable bonds is 4. The molecule has 50 valence electrons. The number of hydrogen-bond acceptors (Lipinski definition) is 0. The highest BCUT2D eigenvalue weighted by atomic mass is 35.5. The van der Waals surface area contributed by atoms with Gasteiger partial charge in [0.2, 0.25) is 0 Å². The molecule has 0 rings (SSSR count). The number of alkyl halides is 2. The van der Waals surface area contributed by atoms with Gasteiger partial charge in [0.05, 0.1) is 0 Å². The van der Waals surface area contributed by atoms with Crippen molar-refractivity contribution in [3.05, 3.63) is 0 Å². The van der Waals surface area contributed by atoms with Crippen LogP contribution in [0.5, 0.6) is 0 Å². The molecule has 0 aromatic rings. The molecule has 0 atom stereocenters. The Morgan fingerprint density at radius 2 is 1.88 bits per heavy atom. The second-order valence-electron chi connectivity index (χ2n) is 1.89. The van der Waals surface area contributed by atoms with E-state index < -0.39 is 0 Å². The smallest absolute Gasteiger partial charge is 0.105 e. The van der Waals surface area contributed by atoms with Crippen LogP contribution in [0.4, 0.5) is 0 Å². The van der Waals surface area contributed by atoms with Gasteiger partial charge in [-0.1, -0.05) is 26.2 Å². The molecule has 0 aromatic carbocycles. The van der Waals surface area contributed by atoms with Crippen LogP contribution >= 0.6 is 23.2 Å². The van der Waals surface area contributed by atoms with Gasteiger partial charge in [0.25, 0.3) is 0 Å². The lowest BCUT2D eigenvalue weighted by molar-refractivity contribution is 0.692. The Labute approximate surface area is 61.2 Å². The fourth-order valence-electron chi connectivity index (χ4n) is 0.549. The van der Waals surface area contributed by atoms with Crippen molar-refractivity contribution in [1.82, 2.24) is 0 Å². The van der Waals surface area contributed by atoms with Gasteiger partial charge < -0.3 is 0 Å². The maximum Gasteiger partial charge on any atom is 0.107 e. The normalized spacial score (nSPS) is 10.5. The van der Waals surface area contributed by atoms with Crippen LogP contribution in [0, 0.1) is 0 Å². The van der Waals surface area contributed by atoms with Crippen LogP contribution in [0.2, 0.25) is 0 Å². The molecule has 0 saturated carbocycles. The van der Waals surface area contributed by atoms with E-state index in [4.69, 9.17) is 23.2 Å². The highest BCUT2D eigenvalue weighted by molar-refractivity contribution is 6.44. The first kappa shape index (κ1) is 8.58. The number of unbranched alkanes of at least 4 members (excludes halogenated alkanes) is 2. The first-order valence-corrected chi connectivity index (χ1v) is 3.92. The van der Waals surface area contributed by atoms with Crippen LogP contribution in [-0.4, -0.2) is 4.84 Å². The van der Waals surface area contributed by atoms with E-state index in [0.717, 1.165) is 12.8 Å². The first-order valence-electron chi connectivity index (χ1n) is 3.05. The molecule has 0 aliphatic rings. The SMILES string of the molecule is CCCCCC(Cl)Cl. The predicted molar refractivity (Wildman–Crippen MR) is 39.6 cm³/mol. The summed E-state index contributed by atoms with van der Waals surface area (Å²) in [5.74, 6) is 0. The molecule has 0 unspecified atom stereocenters. The Bertz CT molecular complexity index is 43.8. The van der Waals surface area contributed by atoms with Gasteiger partial charge in [-0.2, -0.15) is 0 Å². The summed E-state index contributed by atoms with van der Waals surface area (Å²) in [7, 11) is 0. The minimum Gasteiger partial charge on any atom is -0.105 e. The second kappa shape index (κ2) is 5.71. The van der Waals surface area contributed by atoms with Gasteiger partial charge in [-0.25, -0.2) is 0 Å². The van der Waals surface area contributed by atoms with Crippen molar-refractivity contribution in [2.24, 2.45) is 0 Å². The maximum absolute atomic E-state index is 5.48. The van der Waals surface area contributed by atoms with E-state index in [1.165, 1.54) is 12.8 Å². The van der Waals surface area contributed by atoms with Gasteiger partial charge in [-0.05, 0) is 6.42 Å². The Morgan fingerprint density at radius 1 is 1.25 bits per heavy atom. The van der Waals surface area contributed by atoms with Crippen LogP contribution in [0.15, 0.2) is 0 Å². The third-order valence-corrected chi connectivity index (χ3v) is 1.46. The van der Waals surface area contributed by atoms with Gasteiger partial charge in [0.1, 0.15) is 4.84 Å². The highest BCUT2D eigenvalue weighted by Crippen LogP contribution is 2.11. The molecule has 2 heteroatoms. The Kier molecular flexibility index (Phi) is 6.13. The molecule has 0 aromatic heterocycles. The summed E-state index contributed by atoms with van der Waals surface area (Å²) in [5, 5.41) is 0. The first-order chi connectivity index (χ1) is 3.77. The molecule has 0 nitrogen and oxygen atoms in total. The van der Waals surface area contributed by atoms with Crippen molar-refractivity contribution < 1.29 is 0 Å². The van der Waals surface area contributed by atoms with Crippen molar-refractivity contribution in [2.45, 2.75) is 37.4 Å². The number of hydrogen-bond donors (Lipinski definition) is 0. The van der Waals surface area contributed by atoms with Crippen LogP contribution < -0.4 is 0 Å². The predicted octanol–water partition coefficient (Wildman–Crippen LogP) is 3.37. The van der Waals surface area contributed by atoms with E-state index in [2.05, 4.69) is 6.92 Å². The van der Waals surface area contributed by atoms with Crippen LogP contribution in [0.3, 0.4) is 0 Å². The molecular formula is C6H12Cl2. The topological polar surface area (TPSA) is 0 Å². The molecule has 0 amide bonds. The van der Waals surface area contributed by atoms with E-state index >= 15 is 0 Å². The summed E-state index contributed by atoms with van der Waals surface area (Å²) < 4.78 is 0. The molecule has 0 fully saturated rings. The van der Waals surface area contributed by atoms with Crippen molar-refractivity contribution in [2.75, 3.05) is 0 Å². The van der Waals surface area contributed by atoms with E-state index in [9.17, 15) is 0 Å². The van der Waals surface area contributed by atoms with E-state index in [0.29, 0.717) is 0 Å². The summed E-state index contributed by atoms with van der Waals surface area (Å²) >= 11 is 11.0. The number of halogens is 2. The quantitative estimate of drug-likeness (QED) is 0.431. The lowest BCUT2D eigenvalue weighted by Gasteiger charge is -1.96. The molecule has 0 spiro atoms. The summed E-state index contributed by atoms with van der Waals surface area (Å²) in [6.45, 7) is 2.16. The molecule has 0 bridgehead atoms. The van der Waals surface area contributed by atoms with Gasteiger partial charge in [0.15, 0.2) is 0 Å². The largest absolute Gasteiger partial charge is 0.107 e. The molecule has 8 heavy (non-hydrogen) atoms. The molecule has 0 aliphatic heterocycles. The molecule has 0 aliphatic carbocycles. The summed E-state index contributed by atoms with van der Waals surface area (Å²) in [6.07, 6.45) is 4.58. The average molecular weight is 155 g/mol. The van der Waals surface area contributed by atoms with E-state index in [-0.39, 0.29) is 4.84 Å². The Balaban J connectivity index is 2.72. The van der Waals surface area contributed by atoms with Crippen molar-refractivity contribution >= 4 is 23.2 Å². The third kappa shape index (κ3) is 6.58. The van der Waals surface area contributed by atoms with Gasteiger partial charge >= 0.3 is 0 Å². The minimum absolute atomic E-state index is 0.151. The molecule has 0 heterocycles. The van der Waals surface area contributed by atoms with E-state index in [1.807, 2.05) is 0 Å². The van der Waals surface area contributed by atoms with Crippen LogP contribution in [-0.2, 0) is 0 Å². The third-order valence-electron chi connectivity index (χ3n) is 1.03. The molecule has 0 saturated heterocycles. The van der Waals surface area contributed by atoms with Crippen LogP contribution in [0.25, 0.3) is 0 Å². The van der Waals surface area contributed by atoms with Crippen molar-refractivity contribution in [3.63, 3.8) is 0 Å². The zero-order valence-electron chi connectivity index (χ0n) is 5.16. The summed E-state index contributed by atoms with van der Waals surface area (Å²) in [4.78, 5) is -0.151. The fourth-order valence-corrected chi connectivity index (χ4v) is 0.857. The molecular weight excluding hydrogens is 143 g/mol. The lowest BCUT2D eigenvalue weighted by atomic mass is 10.2. The van der Waals surface area contributed by atoms with E-state index in [1.54, 1.807) is 0 Å². The maximum atomic E-state index is 5.48. The Hall–Kier alpha value is 0.580. The lowest BCUT2D eigenvalue weighted by Crippen LogP contribution is -1.84. The average Bonchev–Trinajstić information content (AvgIpc) is 1.66. The van der Waals surface area contributed by atoms with Crippen LogP contribution in [0.1, 0.15) is 32.6 Å². The second-order valence-corrected chi connectivity index (χ2v) is 3.16. The summed E-state index contributed by atoms with van der Waals surface area (Å²) in [5.41, 5.74) is 0. The Morgan fingerprint density at radius 3 is 2.25 bits per heavy atom. The fraction of sp³-hybridized carbons (Fsp3) is 1.00. The summed E-state index contributed by atoms with van der Waals surface area (Å²) in [6, 6.07) is 0. The van der Waals surface area contributed by atoms with Crippen molar-refractivity contribution in [1.29, 1.82) is 0 Å². The molecule has 0 radical (unpaired) electrons. The standard InChI is InChI=1S/C6H12Cl2/c1-2-3-4-5-6(7)8/h6H,2-5H2,1H3. The van der Waals surface area contributed by atoms with Gasteiger partial charge in [-0.3, -0.25) is 0 Å².